The lowest BCUT2D eigenvalue weighted by Gasteiger charge is -2.07. The molecule has 0 unspecified atom stereocenters. The highest BCUT2D eigenvalue weighted by Gasteiger charge is 2.17. The summed E-state index contributed by atoms with van der Waals surface area (Å²) in [7, 11) is 0. The summed E-state index contributed by atoms with van der Waals surface area (Å²) in [5.74, 6) is -2.89. The second-order valence-corrected chi connectivity index (χ2v) is 4.64. The molecule has 0 atom stereocenters. The van der Waals surface area contributed by atoms with Gasteiger partial charge in [-0.25, -0.2) is 18.3 Å². The van der Waals surface area contributed by atoms with E-state index in [0.29, 0.717) is 11.6 Å². The molecule has 2 aromatic carbocycles. The number of aromatic carboxylic acids is 1. The summed E-state index contributed by atoms with van der Waals surface area (Å²) < 4.78 is 28.1. The molecule has 5 nitrogen and oxygen atoms in total. The van der Waals surface area contributed by atoms with Crippen LogP contribution in [0.1, 0.15) is 10.4 Å². The van der Waals surface area contributed by atoms with Crippen LogP contribution >= 0.6 is 11.6 Å². The third kappa shape index (κ3) is 2.21. The molecule has 0 aliphatic rings. The number of carbonyl (C=O) groups is 1. The Morgan fingerprint density at radius 3 is 2.67 bits per heavy atom. The summed E-state index contributed by atoms with van der Waals surface area (Å²) >= 11 is 5.84. The Balaban J connectivity index is 2.30. The van der Waals surface area contributed by atoms with E-state index in [0.717, 1.165) is 10.7 Å². The number of carboxylic acids is 1. The topological polar surface area (TPSA) is 68.0 Å². The average Bonchev–Trinajstić information content (AvgIpc) is 2.80. The molecule has 1 N–H and O–H groups in total. The van der Waals surface area contributed by atoms with E-state index in [1.807, 2.05) is 0 Å². The summed E-state index contributed by atoms with van der Waals surface area (Å²) in [4.78, 5) is 11.0. The van der Waals surface area contributed by atoms with Gasteiger partial charge in [0.1, 0.15) is 17.0 Å². The van der Waals surface area contributed by atoms with E-state index in [9.17, 15) is 13.6 Å². The van der Waals surface area contributed by atoms with Crippen molar-refractivity contribution < 1.29 is 18.7 Å². The molecule has 3 aromatic rings. The van der Waals surface area contributed by atoms with Crippen LogP contribution in [0.4, 0.5) is 8.78 Å². The van der Waals surface area contributed by atoms with E-state index in [4.69, 9.17) is 16.7 Å². The van der Waals surface area contributed by atoms with Gasteiger partial charge in [0.15, 0.2) is 5.82 Å². The fraction of sp³-hybridized carbons (Fsp3) is 0. The number of halogens is 3. The van der Waals surface area contributed by atoms with Crippen molar-refractivity contribution >= 4 is 28.6 Å². The maximum absolute atomic E-state index is 13.9. The molecule has 106 valence electrons. The summed E-state index contributed by atoms with van der Waals surface area (Å²) in [6.07, 6.45) is 0. The van der Waals surface area contributed by atoms with Crippen LogP contribution in [0.3, 0.4) is 0 Å². The summed E-state index contributed by atoms with van der Waals surface area (Å²) in [6.45, 7) is 0. The minimum atomic E-state index is -1.14. The highest BCUT2D eigenvalue weighted by molar-refractivity contribution is 6.32. The first-order chi connectivity index (χ1) is 9.97. The number of rotatable bonds is 2. The highest BCUT2D eigenvalue weighted by atomic mass is 35.5. The lowest BCUT2D eigenvalue weighted by Crippen LogP contribution is -2.03. The van der Waals surface area contributed by atoms with Crippen LogP contribution in [-0.2, 0) is 0 Å². The van der Waals surface area contributed by atoms with Crippen molar-refractivity contribution in [1.82, 2.24) is 15.0 Å². The lowest BCUT2D eigenvalue weighted by atomic mass is 10.2. The van der Waals surface area contributed by atoms with Crippen LogP contribution in [0.25, 0.3) is 16.7 Å². The Hall–Kier alpha value is -2.54. The van der Waals surface area contributed by atoms with E-state index >= 15 is 0 Å². The second-order valence-electron chi connectivity index (χ2n) is 4.23. The molecule has 0 amide bonds. The molecule has 0 aliphatic heterocycles. The standard InChI is InChI=1S/C13H6ClF2N3O2/c14-8-4-7(15)5-9(16)12(8)19-11-3-6(13(20)21)1-2-10(11)17-18-19/h1-5H,(H,20,21). The summed E-state index contributed by atoms with van der Waals surface area (Å²) in [5, 5.41) is 16.3. The molecule has 0 bridgehead atoms. The number of aromatic nitrogens is 3. The molecule has 1 heterocycles. The molecule has 0 aliphatic carbocycles. The van der Waals surface area contributed by atoms with E-state index < -0.39 is 17.6 Å². The van der Waals surface area contributed by atoms with Crippen molar-refractivity contribution in [1.29, 1.82) is 0 Å². The van der Waals surface area contributed by atoms with Gasteiger partial charge >= 0.3 is 5.97 Å². The number of carboxylic acid groups (broad SMARTS) is 1. The molecule has 0 fully saturated rings. The van der Waals surface area contributed by atoms with Crippen molar-refractivity contribution in [2.24, 2.45) is 0 Å². The monoisotopic (exact) mass is 309 g/mol. The Bertz CT molecular complexity index is 856. The largest absolute Gasteiger partial charge is 0.478 e. The van der Waals surface area contributed by atoms with Gasteiger partial charge in [-0.2, -0.15) is 0 Å². The van der Waals surface area contributed by atoms with Gasteiger partial charge in [0.05, 0.1) is 16.1 Å². The molecule has 0 spiro atoms. The van der Waals surface area contributed by atoms with Gasteiger partial charge in [-0.3, -0.25) is 0 Å². The predicted molar refractivity (Wildman–Crippen MR) is 70.8 cm³/mol. The molecular formula is C13H6ClF2N3O2. The number of hydrogen-bond donors (Lipinski definition) is 1. The van der Waals surface area contributed by atoms with E-state index in [1.165, 1.54) is 18.2 Å². The molecule has 21 heavy (non-hydrogen) atoms. The third-order valence-electron chi connectivity index (χ3n) is 2.89. The summed E-state index contributed by atoms with van der Waals surface area (Å²) in [5.41, 5.74) is 0.412. The van der Waals surface area contributed by atoms with Crippen LogP contribution in [0, 0.1) is 11.6 Å². The van der Waals surface area contributed by atoms with Gasteiger partial charge < -0.3 is 5.11 Å². The first kappa shape index (κ1) is 13.4. The van der Waals surface area contributed by atoms with Crippen LogP contribution in [0.2, 0.25) is 5.02 Å². The predicted octanol–water partition coefficient (Wildman–Crippen LogP) is 3.05. The number of hydrogen-bond acceptors (Lipinski definition) is 3. The maximum atomic E-state index is 13.9. The Kier molecular flexibility index (Phi) is 3.06. The molecule has 0 saturated heterocycles. The van der Waals surface area contributed by atoms with Crippen molar-refractivity contribution in [3.8, 4) is 5.69 Å². The van der Waals surface area contributed by atoms with Gasteiger partial charge in [0.25, 0.3) is 0 Å². The summed E-state index contributed by atoms with van der Waals surface area (Å²) in [6, 6.07) is 5.69. The average molecular weight is 310 g/mol. The second kappa shape index (κ2) is 4.78. The smallest absolute Gasteiger partial charge is 0.335 e. The Morgan fingerprint density at radius 1 is 1.24 bits per heavy atom. The number of benzene rings is 2. The Morgan fingerprint density at radius 2 is 2.00 bits per heavy atom. The zero-order valence-corrected chi connectivity index (χ0v) is 11.0. The normalized spacial score (nSPS) is 11.0. The quantitative estimate of drug-likeness (QED) is 0.790. The van der Waals surface area contributed by atoms with E-state index in [-0.39, 0.29) is 21.8 Å². The van der Waals surface area contributed by atoms with Crippen molar-refractivity contribution in [2.45, 2.75) is 0 Å². The van der Waals surface area contributed by atoms with Crippen molar-refractivity contribution in [2.75, 3.05) is 0 Å². The SMILES string of the molecule is O=C(O)c1ccc2nnn(-c3c(F)cc(F)cc3Cl)c2c1. The molecule has 0 radical (unpaired) electrons. The fourth-order valence-electron chi connectivity index (χ4n) is 1.95. The minimum Gasteiger partial charge on any atom is -0.478 e. The third-order valence-corrected chi connectivity index (χ3v) is 3.17. The highest BCUT2D eigenvalue weighted by Crippen LogP contribution is 2.27. The van der Waals surface area contributed by atoms with Gasteiger partial charge in [-0.1, -0.05) is 16.8 Å². The van der Waals surface area contributed by atoms with Crippen LogP contribution < -0.4 is 0 Å². The fourth-order valence-corrected chi connectivity index (χ4v) is 2.23. The van der Waals surface area contributed by atoms with Crippen LogP contribution in [-0.4, -0.2) is 26.1 Å². The first-order valence-electron chi connectivity index (χ1n) is 5.71. The zero-order valence-electron chi connectivity index (χ0n) is 10.2. The van der Waals surface area contributed by atoms with Gasteiger partial charge in [-0.15, -0.1) is 5.10 Å². The van der Waals surface area contributed by atoms with Crippen molar-refractivity contribution in [3.63, 3.8) is 0 Å². The molecule has 8 heteroatoms. The van der Waals surface area contributed by atoms with Crippen molar-refractivity contribution in [3.05, 3.63) is 52.6 Å². The first-order valence-corrected chi connectivity index (χ1v) is 6.09. The minimum absolute atomic E-state index is 0.00954. The van der Waals surface area contributed by atoms with E-state index in [2.05, 4.69) is 10.3 Å². The number of fused-ring (bicyclic) bond motifs is 1. The molecule has 3 rings (SSSR count). The van der Waals surface area contributed by atoms with Gasteiger partial charge in [-0.05, 0) is 24.3 Å². The van der Waals surface area contributed by atoms with Crippen LogP contribution in [0.5, 0.6) is 0 Å². The van der Waals surface area contributed by atoms with Gasteiger partial charge in [0.2, 0.25) is 0 Å². The molecular weight excluding hydrogens is 304 g/mol. The Labute approximate surface area is 121 Å². The molecule has 1 aromatic heterocycles. The number of nitrogens with zero attached hydrogens (tertiary/aromatic N) is 3. The lowest BCUT2D eigenvalue weighted by molar-refractivity contribution is 0.0697. The van der Waals surface area contributed by atoms with Gasteiger partial charge in [0, 0.05) is 6.07 Å². The van der Waals surface area contributed by atoms with E-state index in [1.54, 1.807) is 0 Å². The maximum Gasteiger partial charge on any atom is 0.335 e. The molecule has 0 saturated carbocycles. The zero-order chi connectivity index (χ0) is 15.1. The van der Waals surface area contributed by atoms with Crippen LogP contribution in [0.15, 0.2) is 30.3 Å².